The fraction of sp³-hybridized carbons (Fsp3) is 0.500. The zero-order chi connectivity index (χ0) is 19.8. The molecular weight excluding hydrogens is 374 g/mol. The van der Waals surface area contributed by atoms with Crippen LogP contribution in [0, 0.1) is 5.92 Å². The fourth-order valence-corrected chi connectivity index (χ4v) is 2.92. The van der Waals surface area contributed by atoms with Gasteiger partial charge in [0.2, 0.25) is 17.7 Å². The van der Waals surface area contributed by atoms with E-state index in [1.807, 2.05) is 0 Å². The average Bonchev–Trinajstić information content (AvgIpc) is 3.08. The maximum Gasteiger partial charge on any atom is 0.350 e. The number of methoxy groups -OCH3 is 1. The number of urea groups is 1. The van der Waals surface area contributed by atoms with Crippen LogP contribution in [0.2, 0.25) is 0 Å². The molecule has 2 rings (SSSR count). The van der Waals surface area contributed by atoms with Crippen molar-refractivity contribution < 1.29 is 23.5 Å². The van der Waals surface area contributed by atoms with E-state index < -0.39 is 11.9 Å². The van der Waals surface area contributed by atoms with Crippen LogP contribution in [-0.2, 0) is 20.7 Å². The lowest BCUT2D eigenvalue weighted by atomic mass is 9.97. The first kappa shape index (κ1) is 20.8. The van der Waals surface area contributed by atoms with Crippen LogP contribution in [-0.4, -0.2) is 71.2 Å². The van der Waals surface area contributed by atoms with Crippen LogP contribution in [0.1, 0.15) is 12.8 Å². The molecule has 146 valence electrons. The molecule has 0 aromatic carbocycles. The normalized spacial score (nSPS) is 17.0. The first-order valence-electron chi connectivity index (χ1n) is 8.18. The van der Waals surface area contributed by atoms with Crippen molar-refractivity contribution in [3.05, 3.63) is 18.5 Å². The Morgan fingerprint density at radius 1 is 1.44 bits per heavy atom. The molecule has 0 fully saturated rings. The topological polar surface area (TPSA) is 127 Å². The van der Waals surface area contributed by atoms with E-state index in [1.165, 1.54) is 6.08 Å². The number of carbonyl (C=O) groups excluding carboxylic acids is 3. The number of nitrogens with one attached hydrogen (secondary N) is 1. The number of hydrogen-bond acceptors (Lipinski definition) is 8. The van der Waals surface area contributed by atoms with E-state index in [0.29, 0.717) is 18.9 Å². The lowest BCUT2D eigenvalue weighted by Gasteiger charge is -2.27. The second kappa shape index (κ2) is 9.97. The predicted molar refractivity (Wildman–Crippen MR) is 97.5 cm³/mol. The Hall–Kier alpha value is -2.53. The number of aliphatic imine (C=N–C) groups is 1. The van der Waals surface area contributed by atoms with Crippen LogP contribution in [0.25, 0.3) is 0 Å². The summed E-state index contributed by atoms with van der Waals surface area (Å²) < 4.78 is 10.3. The number of carbonyl (C=O) groups is 3. The zero-order valence-electron chi connectivity index (χ0n) is 15.1. The average molecular weight is 395 g/mol. The molecule has 0 radical (unpaired) electrons. The maximum absolute atomic E-state index is 12.5. The standard InChI is InChI=1S/C16H21N5O5S/c1-4-6-21-14(23)11(10(2)18-15(21)24)8-13-19-20-16(26-13)27-9-12(22)17-5-7-25-3/h4,11H,1,5-9H2,2-3H3,(H,17,22). The van der Waals surface area contributed by atoms with Gasteiger partial charge in [0, 0.05) is 32.3 Å². The fourth-order valence-electron chi connectivity index (χ4n) is 2.31. The molecule has 0 bridgehead atoms. The Morgan fingerprint density at radius 2 is 2.22 bits per heavy atom. The molecule has 1 aromatic heterocycles. The van der Waals surface area contributed by atoms with Gasteiger partial charge in [-0.1, -0.05) is 17.8 Å². The van der Waals surface area contributed by atoms with Crippen LogP contribution in [0.5, 0.6) is 0 Å². The van der Waals surface area contributed by atoms with E-state index in [0.717, 1.165) is 16.7 Å². The van der Waals surface area contributed by atoms with Crippen LogP contribution in [0.3, 0.4) is 0 Å². The van der Waals surface area contributed by atoms with Crippen LogP contribution in [0.4, 0.5) is 4.79 Å². The van der Waals surface area contributed by atoms with E-state index in [1.54, 1.807) is 14.0 Å². The summed E-state index contributed by atoms with van der Waals surface area (Å²) in [6, 6.07) is -0.602. The maximum atomic E-state index is 12.5. The van der Waals surface area contributed by atoms with E-state index in [2.05, 4.69) is 27.1 Å². The van der Waals surface area contributed by atoms with Gasteiger partial charge in [0.05, 0.1) is 18.3 Å². The van der Waals surface area contributed by atoms with Crippen molar-refractivity contribution in [2.75, 3.05) is 32.6 Å². The summed E-state index contributed by atoms with van der Waals surface area (Å²) in [6.07, 6.45) is 1.59. The van der Waals surface area contributed by atoms with Gasteiger partial charge in [0.1, 0.15) is 0 Å². The van der Waals surface area contributed by atoms with Crippen molar-refractivity contribution in [3.8, 4) is 0 Å². The molecule has 0 saturated carbocycles. The Balaban J connectivity index is 1.93. The lowest BCUT2D eigenvalue weighted by Crippen LogP contribution is -2.46. The van der Waals surface area contributed by atoms with Gasteiger partial charge < -0.3 is 14.5 Å². The van der Waals surface area contributed by atoms with Gasteiger partial charge in [-0.05, 0) is 6.92 Å². The van der Waals surface area contributed by atoms with Gasteiger partial charge in [-0.2, -0.15) is 0 Å². The molecule has 10 nitrogen and oxygen atoms in total. The first-order valence-corrected chi connectivity index (χ1v) is 9.17. The molecule has 1 aromatic rings. The van der Waals surface area contributed by atoms with Gasteiger partial charge in [0.25, 0.3) is 5.22 Å². The van der Waals surface area contributed by atoms with Crippen molar-refractivity contribution in [3.63, 3.8) is 0 Å². The molecule has 0 saturated heterocycles. The number of aromatic nitrogens is 2. The third-order valence-electron chi connectivity index (χ3n) is 3.67. The van der Waals surface area contributed by atoms with Gasteiger partial charge in [-0.3, -0.25) is 14.5 Å². The summed E-state index contributed by atoms with van der Waals surface area (Å²) in [6.45, 7) is 6.10. The molecule has 1 unspecified atom stereocenters. The molecule has 1 atom stereocenters. The summed E-state index contributed by atoms with van der Waals surface area (Å²) in [4.78, 5) is 40.9. The molecular formula is C16H21N5O5S. The third-order valence-corrected chi connectivity index (χ3v) is 4.48. The summed E-state index contributed by atoms with van der Waals surface area (Å²) in [5.41, 5.74) is 0.398. The summed E-state index contributed by atoms with van der Waals surface area (Å²) in [7, 11) is 1.55. The minimum atomic E-state index is -0.654. The number of rotatable bonds is 10. The van der Waals surface area contributed by atoms with Crippen molar-refractivity contribution in [1.82, 2.24) is 20.4 Å². The summed E-state index contributed by atoms with van der Waals surface area (Å²) in [5.74, 6) is -0.856. The van der Waals surface area contributed by atoms with Crippen molar-refractivity contribution in [1.29, 1.82) is 0 Å². The Morgan fingerprint density at radius 3 is 2.93 bits per heavy atom. The smallest absolute Gasteiger partial charge is 0.350 e. The van der Waals surface area contributed by atoms with Crippen LogP contribution >= 0.6 is 11.8 Å². The Labute approximate surface area is 160 Å². The largest absolute Gasteiger partial charge is 0.416 e. The predicted octanol–water partition coefficient (Wildman–Crippen LogP) is 0.692. The monoisotopic (exact) mass is 395 g/mol. The van der Waals surface area contributed by atoms with Crippen molar-refractivity contribution >= 4 is 35.3 Å². The molecule has 1 N–H and O–H groups in total. The number of amides is 4. The van der Waals surface area contributed by atoms with Gasteiger partial charge in [-0.15, -0.1) is 16.8 Å². The number of nitrogens with zero attached hydrogens (tertiary/aromatic N) is 4. The van der Waals surface area contributed by atoms with Gasteiger partial charge in [0.15, 0.2) is 0 Å². The minimum absolute atomic E-state index is 0.0913. The van der Waals surface area contributed by atoms with E-state index in [9.17, 15) is 14.4 Å². The number of hydrogen-bond donors (Lipinski definition) is 1. The SMILES string of the molecule is C=CCN1C(=O)N=C(C)C(Cc2nnc(SCC(=O)NCCOC)o2)C1=O. The molecule has 11 heteroatoms. The molecule has 27 heavy (non-hydrogen) atoms. The van der Waals surface area contributed by atoms with Crippen LogP contribution in [0.15, 0.2) is 27.3 Å². The highest BCUT2D eigenvalue weighted by molar-refractivity contribution is 7.99. The summed E-state index contributed by atoms with van der Waals surface area (Å²) >= 11 is 1.09. The minimum Gasteiger partial charge on any atom is -0.416 e. The van der Waals surface area contributed by atoms with Crippen molar-refractivity contribution in [2.24, 2.45) is 10.9 Å². The van der Waals surface area contributed by atoms with Gasteiger partial charge >= 0.3 is 6.03 Å². The molecule has 1 aliphatic rings. The Bertz CT molecular complexity index is 747. The lowest BCUT2D eigenvalue weighted by molar-refractivity contribution is -0.130. The van der Waals surface area contributed by atoms with Gasteiger partial charge in [-0.25, -0.2) is 9.79 Å². The second-order valence-corrected chi connectivity index (χ2v) is 6.55. The highest BCUT2D eigenvalue weighted by atomic mass is 32.2. The quantitative estimate of drug-likeness (QED) is 0.348. The summed E-state index contributed by atoms with van der Waals surface area (Å²) in [5, 5.41) is 10.7. The van der Waals surface area contributed by atoms with Crippen LogP contribution < -0.4 is 5.32 Å². The molecule has 4 amide bonds. The molecule has 1 aliphatic heterocycles. The molecule has 0 aliphatic carbocycles. The van der Waals surface area contributed by atoms with E-state index in [-0.39, 0.29) is 41.6 Å². The number of thioether (sulfide) groups is 1. The second-order valence-electron chi connectivity index (χ2n) is 5.62. The number of imide groups is 1. The molecule has 0 spiro atoms. The number of ether oxygens (including phenoxy) is 1. The third kappa shape index (κ3) is 5.73. The zero-order valence-corrected chi connectivity index (χ0v) is 16.0. The van der Waals surface area contributed by atoms with Crippen molar-refractivity contribution in [2.45, 2.75) is 18.6 Å². The highest BCUT2D eigenvalue weighted by Crippen LogP contribution is 2.21. The Kier molecular flexibility index (Phi) is 7.67. The van der Waals surface area contributed by atoms with E-state index in [4.69, 9.17) is 9.15 Å². The van der Waals surface area contributed by atoms with E-state index >= 15 is 0 Å². The highest BCUT2D eigenvalue weighted by Gasteiger charge is 2.36. The first-order chi connectivity index (χ1) is 13.0. The molecule has 2 heterocycles.